The van der Waals surface area contributed by atoms with E-state index in [4.69, 9.17) is 11.5 Å². The van der Waals surface area contributed by atoms with Crippen molar-refractivity contribution in [2.24, 2.45) is 23.3 Å². The average Bonchev–Trinajstić information content (AvgIpc) is 2.47. The van der Waals surface area contributed by atoms with E-state index in [9.17, 15) is 9.59 Å². The van der Waals surface area contributed by atoms with Crippen molar-refractivity contribution in [3.8, 4) is 0 Å². The highest BCUT2D eigenvalue weighted by molar-refractivity contribution is 5.89. The first-order valence-electron chi connectivity index (χ1n) is 7.55. The third-order valence-corrected chi connectivity index (χ3v) is 3.72. The molecule has 2 unspecified atom stereocenters. The minimum absolute atomic E-state index is 0.000384. The zero-order valence-electron chi connectivity index (χ0n) is 12.8. The number of benzene rings is 1. The minimum atomic E-state index is -0.247. The molecule has 0 fully saturated rings. The van der Waals surface area contributed by atoms with E-state index < -0.39 is 0 Å². The molecule has 116 valence electrons. The van der Waals surface area contributed by atoms with Crippen LogP contribution in [-0.2, 0) is 16.0 Å². The zero-order valence-corrected chi connectivity index (χ0v) is 12.8. The van der Waals surface area contributed by atoms with Crippen molar-refractivity contribution in [3.05, 3.63) is 35.9 Å². The van der Waals surface area contributed by atoms with Crippen LogP contribution in [-0.4, -0.2) is 24.7 Å². The van der Waals surface area contributed by atoms with Gasteiger partial charge in [0.2, 0.25) is 0 Å². The van der Waals surface area contributed by atoms with Crippen LogP contribution in [0.15, 0.2) is 30.3 Å². The molecule has 0 spiro atoms. The summed E-state index contributed by atoms with van der Waals surface area (Å²) in [6, 6.07) is 9.62. The molecule has 4 nitrogen and oxygen atoms in total. The summed E-state index contributed by atoms with van der Waals surface area (Å²) >= 11 is 0. The number of carbonyl (C=O) groups is 2. The Morgan fingerprint density at radius 3 is 2.38 bits per heavy atom. The number of nitrogens with two attached hydrogens (primary N) is 2. The Kier molecular flexibility index (Phi) is 7.87. The van der Waals surface area contributed by atoms with E-state index in [0.29, 0.717) is 25.3 Å². The smallest absolute Gasteiger partial charge is 0.147 e. The molecule has 0 radical (unpaired) electrons. The van der Waals surface area contributed by atoms with Crippen LogP contribution >= 0.6 is 0 Å². The highest BCUT2D eigenvalue weighted by atomic mass is 16.1. The maximum absolute atomic E-state index is 12.5. The van der Waals surface area contributed by atoms with Crippen molar-refractivity contribution < 1.29 is 9.59 Å². The fourth-order valence-corrected chi connectivity index (χ4v) is 2.52. The van der Waals surface area contributed by atoms with Gasteiger partial charge in [0.25, 0.3) is 0 Å². The monoisotopic (exact) mass is 290 g/mol. The lowest BCUT2D eigenvalue weighted by molar-refractivity contribution is -0.127. The fraction of sp³-hybridized carbons (Fsp3) is 0.529. The van der Waals surface area contributed by atoms with Gasteiger partial charge in [-0.25, -0.2) is 0 Å². The van der Waals surface area contributed by atoms with Gasteiger partial charge in [0.1, 0.15) is 11.6 Å². The van der Waals surface area contributed by atoms with Gasteiger partial charge in [-0.3, -0.25) is 9.59 Å². The van der Waals surface area contributed by atoms with Crippen LogP contribution in [0.2, 0.25) is 0 Å². The quantitative estimate of drug-likeness (QED) is 0.687. The molecule has 1 aromatic rings. The van der Waals surface area contributed by atoms with Gasteiger partial charge in [-0.1, -0.05) is 37.3 Å². The maximum atomic E-state index is 12.5. The molecule has 0 aliphatic carbocycles. The first kappa shape index (κ1) is 17.5. The van der Waals surface area contributed by atoms with E-state index in [-0.39, 0.29) is 30.4 Å². The molecule has 21 heavy (non-hydrogen) atoms. The average molecular weight is 290 g/mol. The van der Waals surface area contributed by atoms with Gasteiger partial charge in [-0.2, -0.15) is 0 Å². The summed E-state index contributed by atoms with van der Waals surface area (Å²) in [5.74, 6) is 0.154. The second-order valence-corrected chi connectivity index (χ2v) is 5.69. The van der Waals surface area contributed by atoms with Crippen LogP contribution in [0.1, 0.15) is 31.7 Å². The Labute approximate surface area is 126 Å². The SMILES string of the molecule is CC(CCN)CC(CC(=O)CN)C(=O)Cc1ccccc1. The number of hydrogen-bond acceptors (Lipinski definition) is 4. The van der Waals surface area contributed by atoms with Gasteiger partial charge in [0, 0.05) is 18.8 Å². The molecule has 0 aromatic heterocycles. The molecule has 0 heterocycles. The van der Waals surface area contributed by atoms with Gasteiger partial charge >= 0.3 is 0 Å². The lowest BCUT2D eigenvalue weighted by Crippen LogP contribution is -2.26. The van der Waals surface area contributed by atoms with Gasteiger partial charge in [0.05, 0.1) is 6.54 Å². The molecule has 1 aromatic carbocycles. The molecule has 0 aliphatic heterocycles. The first-order chi connectivity index (χ1) is 10.1. The summed E-state index contributed by atoms with van der Waals surface area (Å²) in [5.41, 5.74) is 11.9. The number of ketones is 2. The molecule has 4 heteroatoms. The summed E-state index contributed by atoms with van der Waals surface area (Å²) in [6.45, 7) is 2.68. The highest BCUT2D eigenvalue weighted by Gasteiger charge is 2.23. The lowest BCUT2D eigenvalue weighted by atomic mass is 9.85. The fourth-order valence-electron chi connectivity index (χ4n) is 2.52. The van der Waals surface area contributed by atoms with E-state index in [1.807, 2.05) is 30.3 Å². The lowest BCUT2D eigenvalue weighted by Gasteiger charge is -2.19. The predicted molar refractivity (Wildman–Crippen MR) is 84.8 cm³/mol. The topological polar surface area (TPSA) is 86.2 Å². The van der Waals surface area contributed by atoms with Crippen molar-refractivity contribution in [1.29, 1.82) is 0 Å². The molecule has 0 saturated heterocycles. The molecule has 2 atom stereocenters. The summed E-state index contributed by atoms with van der Waals surface area (Å²) in [6.07, 6.45) is 2.19. The molecular formula is C17H26N2O2. The molecule has 1 rings (SSSR count). The van der Waals surface area contributed by atoms with Gasteiger partial charge < -0.3 is 11.5 Å². The van der Waals surface area contributed by atoms with Crippen molar-refractivity contribution in [2.75, 3.05) is 13.1 Å². The number of rotatable bonds is 10. The van der Waals surface area contributed by atoms with Crippen LogP contribution in [0, 0.1) is 11.8 Å². The molecule has 0 amide bonds. The van der Waals surface area contributed by atoms with E-state index in [1.54, 1.807) is 0 Å². The highest BCUT2D eigenvalue weighted by Crippen LogP contribution is 2.21. The van der Waals surface area contributed by atoms with Crippen LogP contribution in [0.3, 0.4) is 0 Å². The summed E-state index contributed by atoms with van der Waals surface area (Å²) in [7, 11) is 0. The van der Waals surface area contributed by atoms with Crippen LogP contribution in [0.25, 0.3) is 0 Å². The van der Waals surface area contributed by atoms with Gasteiger partial charge in [0.15, 0.2) is 0 Å². The van der Waals surface area contributed by atoms with Crippen LogP contribution < -0.4 is 11.5 Å². The molecule has 0 bridgehead atoms. The molecule has 0 saturated carbocycles. The minimum Gasteiger partial charge on any atom is -0.330 e. The Morgan fingerprint density at radius 2 is 1.81 bits per heavy atom. The number of Topliss-reactive ketones (excluding diaryl/α,β-unsaturated/α-hetero) is 2. The van der Waals surface area contributed by atoms with E-state index in [2.05, 4.69) is 6.92 Å². The zero-order chi connectivity index (χ0) is 15.7. The van der Waals surface area contributed by atoms with Gasteiger partial charge in [-0.15, -0.1) is 0 Å². The Balaban J connectivity index is 2.69. The Morgan fingerprint density at radius 1 is 1.14 bits per heavy atom. The second-order valence-electron chi connectivity index (χ2n) is 5.69. The summed E-state index contributed by atoms with van der Waals surface area (Å²) < 4.78 is 0. The summed E-state index contributed by atoms with van der Waals surface area (Å²) in [5, 5.41) is 0. The van der Waals surface area contributed by atoms with E-state index in [0.717, 1.165) is 12.0 Å². The third kappa shape index (κ3) is 6.65. The first-order valence-corrected chi connectivity index (χ1v) is 7.55. The number of hydrogen-bond donors (Lipinski definition) is 2. The van der Waals surface area contributed by atoms with Crippen molar-refractivity contribution >= 4 is 11.6 Å². The standard InChI is InChI=1S/C17H26N2O2/c1-13(7-8-18)9-15(11-16(20)12-19)17(21)10-14-5-3-2-4-6-14/h2-6,13,15H,7-12,18-19H2,1H3. The normalized spacial score (nSPS) is 13.7. The number of carbonyl (C=O) groups excluding carboxylic acids is 2. The van der Waals surface area contributed by atoms with Gasteiger partial charge in [-0.05, 0) is 30.9 Å². The summed E-state index contributed by atoms with van der Waals surface area (Å²) in [4.78, 5) is 24.1. The molecule has 4 N–H and O–H groups in total. The maximum Gasteiger partial charge on any atom is 0.147 e. The Bertz CT molecular complexity index is 445. The van der Waals surface area contributed by atoms with Crippen LogP contribution in [0.4, 0.5) is 0 Å². The Hall–Kier alpha value is -1.52. The van der Waals surface area contributed by atoms with Crippen molar-refractivity contribution in [3.63, 3.8) is 0 Å². The third-order valence-electron chi connectivity index (χ3n) is 3.72. The largest absolute Gasteiger partial charge is 0.330 e. The molecule has 0 aliphatic rings. The second kappa shape index (κ2) is 9.42. The van der Waals surface area contributed by atoms with E-state index >= 15 is 0 Å². The predicted octanol–water partition coefficient (Wildman–Crippen LogP) is 1.71. The van der Waals surface area contributed by atoms with Crippen LogP contribution in [0.5, 0.6) is 0 Å². The van der Waals surface area contributed by atoms with Crippen molar-refractivity contribution in [1.82, 2.24) is 0 Å². The molecular weight excluding hydrogens is 264 g/mol. The van der Waals surface area contributed by atoms with Crippen molar-refractivity contribution in [2.45, 2.75) is 32.6 Å². The van der Waals surface area contributed by atoms with E-state index in [1.165, 1.54) is 0 Å².